The maximum atomic E-state index is 14.6. The molecule has 1 aromatic heterocycles. The number of rotatable bonds is 3. The Morgan fingerprint density at radius 1 is 1.21 bits per heavy atom. The van der Waals surface area contributed by atoms with Crippen molar-refractivity contribution in [1.82, 2.24) is 9.78 Å². The quantitative estimate of drug-likeness (QED) is 0.804. The smallest absolute Gasteiger partial charge is 0.227 e. The number of benzene rings is 1. The van der Waals surface area contributed by atoms with Gasteiger partial charge in [0.1, 0.15) is 5.69 Å². The fraction of sp³-hybridized carbons (Fsp3) is 0.524. The summed E-state index contributed by atoms with van der Waals surface area (Å²) < 4.78 is 16.2. The summed E-state index contributed by atoms with van der Waals surface area (Å²) in [7, 11) is 0. The molecule has 152 valence electrons. The topological polar surface area (TPSA) is 72.9 Å². The van der Waals surface area contributed by atoms with Crippen LogP contribution in [0, 0.1) is 37.4 Å². The molecule has 28 heavy (non-hydrogen) atoms. The summed E-state index contributed by atoms with van der Waals surface area (Å²) in [6.07, 6.45) is 5.14. The third-order valence-electron chi connectivity index (χ3n) is 6.24. The molecule has 1 heterocycles. The largest absolute Gasteiger partial charge is 0.327 e. The zero-order chi connectivity index (χ0) is 19.1. The number of aromatic nitrogens is 2. The van der Waals surface area contributed by atoms with Crippen molar-refractivity contribution in [2.45, 2.75) is 52.0 Å². The highest BCUT2D eigenvalue weighted by atomic mass is 35.5. The summed E-state index contributed by atoms with van der Waals surface area (Å²) >= 11 is 0. The molecule has 2 aromatic rings. The molecule has 2 unspecified atom stereocenters. The first-order valence-corrected chi connectivity index (χ1v) is 9.82. The molecule has 4 rings (SSSR count). The lowest BCUT2D eigenvalue weighted by Gasteiger charge is -2.43. The Kier molecular flexibility index (Phi) is 6.10. The predicted octanol–water partition coefficient (Wildman–Crippen LogP) is 4.14. The van der Waals surface area contributed by atoms with E-state index in [2.05, 4.69) is 10.4 Å². The Morgan fingerprint density at radius 3 is 2.46 bits per heavy atom. The minimum absolute atomic E-state index is 0. The first-order chi connectivity index (χ1) is 12.9. The Hall–Kier alpha value is -1.92. The molecule has 0 aliphatic heterocycles. The molecule has 2 fully saturated rings. The van der Waals surface area contributed by atoms with Gasteiger partial charge >= 0.3 is 0 Å². The van der Waals surface area contributed by atoms with Gasteiger partial charge < -0.3 is 11.1 Å². The van der Waals surface area contributed by atoms with Crippen LogP contribution in [0.1, 0.15) is 43.5 Å². The van der Waals surface area contributed by atoms with Crippen LogP contribution < -0.4 is 11.1 Å². The molecule has 0 spiro atoms. The second-order valence-electron chi connectivity index (χ2n) is 8.19. The van der Waals surface area contributed by atoms with E-state index in [1.807, 2.05) is 19.9 Å². The number of aryl methyl sites for hydroxylation is 2. The van der Waals surface area contributed by atoms with E-state index in [0.717, 1.165) is 37.1 Å². The predicted molar refractivity (Wildman–Crippen MR) is 110 cm³/mol. The second-order valence-corrected chi connectivity index (χ2v) is 8.19. The molecule has 2 saturated carbocycles. The lowest BCUT2D eigenvalue weighted by atomic mass is 9.65. The number of amides is 1. The average molecular weight is 407 g/mol. The number of fused-ring (bicyclic) bond motifs is 2. The van der Waals surface area contributed by atoms with Crippen LogP contribution in [0.2, 0.25) is 0 Å². The van der Waals surface area contributed by atoms with Crippen molar-refractivity contribution in [2.24, 2.45) is 23.5 Å². The van der Waals surface area contributed by atoms with Crippen molar-refractivity contribution in [2.75, 3.05) is 5.32 Å². The molecular formula is C21H28ClFN4O. The van der Waals surface area contributed by atoms with E-state index in [0.29, 0.717) is 23.2 Å². The summed E-state index contributed by atoms with van der Waals surface area (Å²) in [6.45, 7) is 3.77. The first-order valence-electron chi connectivity index (χ1n) is 9.82. The number of halogens is 2. The van der Waals surface area contributed by atoms with Gasteiger partial charge in [0, 0.05) is 23.3 Å². The van der Waals surface area contributed by atoms with E-state index >= 15 is 0 Å². The van der Waals surface area contributed by atoms with Gasteiger partial charge in [-0.25, -0.2) is 9.07 Å². The molecular weight excluding hydrogens is 379 g/mol. The van der Waals surface area contributed by atoms with Crippen LogP contribution in [-0.4, -0.2) is 21.7 Å². The summed E-state index contributed by atoms with van der Waals surface area (Å²) in [5, 5.41) is 7.23. The number of carbonyl (C=O) groups excluding carboxylic acids is 1. The van der Waals surface area contributed by atoms with Gasteiger partial charge in [-0.3, -0.25) is 4.79 Å². The van der Waals surface area contributed by atoms with Gasteiger partial charge in [0.05, 0.1) is 5.69 Å². The number of hydrogen-bond acceptors (Lipinski definition) is 3. The number of hydrogen-bond donors (Lipinski definition) is 2. The standard InChI is InChI=1S/C21H27FN4O.ClH/c1-12-8-13(2)26(25-12)19-7-6-17(11-18(19)22)24-21(27)16-9-14-4-3-5-15(10-16)20(14)23;/h6-8,11,14-16,20H,3-5,9-10,23H2,1-2H3,(H,24,27);1H. The highest BCUT2D eigenvalue weighted by molar-refractivity contribution is 5.92. The average Bonchev–Trinajstić information content (AvgIpc) is 2.93. The van der Waals surface area contributed by atoms with Crippen molar-refractivity contribution in [3.8, 4) is 5.69 Å². The Balaban J connectivity index is 0.00000225. The molecule has 1 amide bonds. The van der Waals surface area contributed by atoms with Gasteiger partial charge in [-0.2, -0.15) is 5.10 Å². The minimum atomic E-state index is -0.401. The van der Waals surface area contributed by atoms with E-state index in [4.69, 9.17) is 5.73 Å². The van der Waals surface area contributed by atoms with Crippen LogP contribution in [0.5, 0.6) is 0 Å². The van der Waals surface area contributed by atoms with Crippen molar-refractivity contribution in [3.63, 3.8) is 0 Å². The monoisotopic (exact) mass is 406 g/mol. The van der Waals surface area contributed by atoms with Crippen LogP contribution in [0.4, 0.5) is 10.1 Å². The highest BCUT2D eigenvalue weighted by Crippen LogP contribution is 2.42. The maximum absolute atomic E-state index is 14.6. The van der Waals surface area contributed by atoms with Crippen LogP contribution in [0.25, 0.3) is 5.69 Å². The van der Waals surface area contributed by atoms with Crippen LogP contribution in [0.15, 0.2) is 24.3 Å². The van der Waals surface area contributed by atoms with Gasteiger partial charge in [0.15, 0.2) is 5.82 Å². The third-order valence-corrected chi connectivity index (χ3v) is 6.24. The normalized spacial score (nSPS) is 26.4. The minimum Gasteiger partial charge on any atom is -0.327 e. The molecule has 2 aliphatic rings. The van der Waals surface area contributed by atoms with Gasteiger partial charge in [-0.05, 0) is 75.6 Å². The van der Waals surface area contributed by atoms with Crippen molar-refractivity contribution >= 4 is 24.0 Å². The molecule has 2 atom stereocenters. The molecule has 7 heteroatoms. The zero-order valence-electron chi connectivity index (χ0n) is 16.3. The lowest BCUT2D eigenvalue weighted by molar-refractivity contribution is -0.122. The molecule has 0 saturated heterocycles. The van der Waals surface area contributed by atoms with E-state index in [-0.39, 0.29) is 30.3 Å². The van der Waals surface area contributed by atoms with Gasteiger partial charge in [-0.1, -0.05) is 6.42 Å². The summed E-state index contributed by atoms with van der Waals surface area (Å²) in [4.78, 5) is 12.7. The van der Waals surface area contributed by atoms with Crippen LogP contribution >= 0.6 is 12.4 Å². The zero-order valence-corrected chi connectivity index (χ0v) is 17.1. The number of carbonyl (C=O) groups is 1. The van der Waals surface area contributed by atoms with Crippen molar-refractivity contribution in [1.29, 1.82) is 0 Å². The second kappa shape index (κ2) is 8.21. The van der Waals surface area contributed by atoms with E-state index in [1.165, 1.54) is 12.5 Å². The van der Waals surface area contributed by atoms with Crippen LogP contribution in [0.3, 0.4) is 0 Å². The molecule has 0 radical (unpaired) electrons. The summed E-state index contributed by atoms with van der Waals surface area (Å²) in [5.74, 6) is 0.439. The maximum Gasteiger partial charge on any atom is 0.227 e. The van der Waals surface area contributed by atoms with Crippen molar-refractivity contribution in [3.05, 3.63) is 41.5 Å². The number of nitrogens with one attached hydrogen (secondary N) is 1. The third kappa shape index (κ3) is 3.94. The molecule has 3 N–H and O–H groups in total. The van der Waals surface area contributed by atoms with Gasteiger partial charge in [0.25, 0.3) is 0 Å². The molecule has 2 bridgehead atoms. The Labute approximate surface area is 171 Å². The van der Waals surface area contributed by atoms with E-state index in [9.17, 15) is 9.18 Å². The Morgan fingerprint density at radius 2 is 1.89 bits per heavy atom. The SMILES string of the molecule is Cc1cc(C)n(-c2ccc(NC(=O)C3CC4CCCC(C3)C4N)cc2F)n1.Cl. The highest BCUT2D eigenvalue weighted by Gasteiger charge is 2.40. The van der Waals surface area contributed by atoms with E-state index in [1.54, 1.807) is 16.8 Å². The fourth-order valence-corrected chi connectivity index (χ4v) is 4.88. The van der Waals surface area contributed by atoms with Crippen molar-refractivity contribution < 1.29 is 9.18 Å². The number of nitrogens with zero attached hydrogens (tertiary/aromatic N) is 2. The number of nitrogens with two attached hydrogens (primary N) is 1. The van der Waals surface area contributed by atoms with Gasteiger partial charge in [0.2, 0.25) is 5.91 Å². The molecule has 5 nitrogen and oxygen atoms in total. The molecule has 2 aliphatic carbocycles. The fourth-order valence-electron chi connectivity index (χ4n) is 4.88. The summed E-state index contributed by atoms with van der Waals surface area (Å²) in [5.41, 5.74) is 8.90. The molecule has 1 aromatic carbocycles. The number of anilines is 1. The summed E-state index contributed by atoms with van der Waals surface area (Å²) in [6, 6.07) is 6.91. The first kappa shape index (κ1) is 20.8. The lowest BCUT2D eigenvalue weighted by Crippen LogP contribution is -2.48. The van der Waals surface area contributed by atoms with Crippen LogP contribution in [-0.2, 0) is 4.79 Å². The Bertz CT molecular complexity index is 854. The van der Waals surface area contributed by atoms with E-state index < -0.39 is 5.82 Å². The van der Waals surface area contributed by atoms with Gasteiger partial charge in [-0.15, -0.1) is 12.4 Å².